The molecule has 0 atom stereocenters. The van der Waals surface area contributed by atoms with Crippen molar-refractivity contribution in [1.29, 1.82) is 0 Å². The van der Waals surface area contributed by atoms with Crippen molar-refractivity contribution in [1.82, 2.24) is 4.98 Å². The fourth-order valence-corrected chi connectivity index (χ4v) is 2.61. The standard InChI is InChI=1S/C10H5ClF3NO3S2/c11-7-3-6(9-4-15-5-19-9)1-2-8(7)18-20(16,17)10(12,13)14/h1-5H. The van der Waals surface area contributed by atoms with E-state index in [-0.39, 0.29) is 5.02 Å². The van der Waals surface area contributed by atoms with Crippen LogP contribution in [0.3, 0.4) is 0 Å². The normalized spacial score (nSPS) is 12.4. The number of hydrogen-bond donors (Lipinski definition) is 0. The Morgan fingerprint density at radius 3 is 2.50 bits per heavy atom. The summed E-state index contributed by atoms with van der Waals surface area (Å²) < 4.78 is 62.3. The highest BCUT2D eigenvalue weighted by atomic mass is 35.5. The predicted molar refractivity (Wildman–Crippen MR) is 68.2 cm³/mol. The first-order valence-electron chi connectivity index (χ1n) is 4.90. The maximum absolute atomic E-state index is 12.2. The Kier molecular flexibility index (Phi) is 3.94. The molecular weight excluding hydrogens is 339 g/mol. The van der Waals surface area contributed by atoms with E-state index < -0.39 is 21.4 Å². The van der Waals surface area contributed by atoms with Gasteiger partial charge in [-0.25, -0.2) is 0 Å². The fourth-order valence-electron chi connectivity index (χ4n) is 1.25. The molecule has 0 aliphatic carbocycles. The lowest BCUT2D eigenvalue weighted by molar-refractivity contribution is -0.0500. The van der Waals surface area contributed by atoms with E-state index in [2.05, 4.69) is 9.17 Å². The Bertz CT molecular complexity index is 714. The molecule has 2 rings (SSSR count). The van der Waals surface area contributed by atoms with Crippen LogP contribution in [0.2, 0.25) is 5.02 Å². The summed E-state index contributed by atoms with van der Waals surface area (Å²) in [4.78, 5) is 4.58. The number of benzene rings is 1. The zero-order valence-electron chi connectivity index (χ0n) is 9.39. The molecule has 0 saturated carbocycles. The number of halogens is 4. The van der Waals surface area contributed by atoms with Crippen molar-refractivity contribution in [3.8, 4) is 16.2 Å². The molecule has 10 heteroatoms. The van der Waals surface area contributed by atoms with Gasteiger partial charge in [-0.15, -0.1) is 11.3 Å². The summed E-state index contributed by atoms with van der Waals surface area (Å²) in [6.45, 7) is 0. The molecule has 0 aliphatic rings. The first-order valence-corrected chi connectivity index (χ1v) is 7.56. The van der Waals surface area contributed by atoms with Crippen LogP contribution in [0.4, 0.5) is 13.2 Å². The Morgan fingerprint density at radius 1 is 1.30 bits per heavy atom. The quantitative estimate of drug-likeness (QED) is 0.630. The Morgan fingerprint density at radius 2 is 2.00 bits per heavy atom. The molecular formula is C10H5ClF3NO3S2. The molecule has 1 aromatic carbocycles. The molecule has 0 amide bonds. The molecule has 0 aliphatic heterocycles. The van der Waals surface area contributed by atoms with E-state index in [4.69, 9.17) is 11.6 Å². The van der Waals surface area contributed by atoms with E-state index in [1.54, 1.807) is 11.7 Å². The maximum Gasteiger partial charge on any atom is 0.534 e. The van der Waals surface area contributed by atoms with E-state index >= 15 is 0 Å². The summed E-state index contributed by atoms with van der Waals surface area (Å²) in [6.07, 6.45) is 1.54. The summed E-state index contributed by atoms with van der Waals surface area (Å²) in [5.74, 6) is -0.586. The van der Waals surface area contributed by atoms with Gasteiger partial charge in [0.25, 0.3) is 0 Å². The van der Waals surface area contributed by atoms with Crippen molar-refractivity contribution in [3.05, 3.63) is 34.9 Å². The van der Waals surface area contributed by atoms with Crippen LogP contribution in [0, 0.1) is 0 Å². The van der Waals surface area contributed by atoms with Crippen molar-refractivity contribution in [3.63, 3.8) is 0 Å². The maximum atomic E-state index is 12.2. The zero-order chi connectivity index (χ0) is 15.0. The van der Waals surface area contributed by atoms with Gasteiger partial charge in [-0.1, -0.05) is 11.6 Å². The summed E-state index contributed by atoms with van der Waals surface area (Å²) in [7, 11) is -5.73. The molecule has 0 spiro atoms. The van der Waals surface area contributed by atoms with Gasteiger partial charge in [0.15, 0.2) is 5.75 Å². The smallest absolute Gasteiger partial charge is 0.374 e. The lowest BCUT2D eigenvalue weighted by Gasteiger charge is -2.11. The van der Waals surface area contributed by atoms with Crippen LogP contribution in [0.1, 0.15) is 0 Å². The first-order chi connectivity index (χ1) is 9.21. The Balaban J connectivity index is 2.32. The van der Waals surface area contributed by atoms with Gasteiger partial charge in [0.2, 0.25) is 0 Å². The van der Waals surface area contributed by atoms with E-state index in [1.807, 2.05) is 0 Å². The summed E-state index contributed by atoms with van der Waals surface area (Å²) in [6, 6.07) is 3.75. The van der Waals surface area contributed by atoms with Crippen LogP contribution < -0.4 is 4.18 Å². The van der Waals surface area contributed by atoms with Crippen LogP contribution in [0.5, 0.6) is 5.75 Å². The molecule has 0 radical (unpaired) electrons. The first kappa shape index (κ1) is 15.1. The van der Waals surface area contributed by atoms with Crippen LogP contribution in [-0.4, -0.2) is 18.9 Å². The summed E-state index contributed by atoms with van der Waals surface area (Å²) >= 11 is 7.03. The van der Waals surface area contributed by atoms with Gasteiger partial charge in [-0.05, 0) is 23.8 Å². The highest BCUT2D eigenvalue weighted by molar-refractivity contribution is 7.88. The van der Waals surface area contributed by atoms with Gasteiger partial charge in [0.1, 0.15) is 0 Å². The number of thiazole rings is 1. The molecule has 0 unspecified atom stereocenters. The zero-order valence-corrected chi connectivity index (χ0v) is 11.8. The topological polar surface area (TPSA) is 56.3 Å². The lowest BCUT2D eigenvalue weighted by atomic mass is 10.2. The molecule has 0 bridgehead atoms. The second-order valence-electron chi connectivity index (χ2n) is 3.49. The molecule has 108 valence electrons. The molecule has 4 nitrogen and oxygen atoms in total. The Labute approximate surface area is 120 Å². The van der Waals surface area contributed by atoms with Gasteiger partial charge in [0.05, 0.1) is 15.4 Å². The minimum Gasteiger partial charge on any atom is -0.374 e. The molecule has 0 N–H and O–H groups in total. The number of hydrogen-bond acceptors (Lipinski definition) is 5. The largest absolute Gasteiger partial charge is 0.534 e. The van der Waals surface area contributed by atoms with Crippen molar-refractivity contribution < 1.29 is 25.8 Å². The minimum atomic E-state index is -5.73. The van der Waals surface area contributed by atoms with Crippen molar-refractivity contribution >= 4 is 33.1 Å². The van der Waals surface area contributed by atoms with E-state index in [0.717, 1.165) is 10.9 Å². The third-order valence-corrected chi connectivity index (χ3v) is 4.22. The number of nitrogens with zero attached hydrogens (tertiary/aromatic N) is 1. The van der Waals surface area contributed by atoms with Crippen LogP contribution in [0.25, 0.3) is 10.4 Å². The minimum absolute atomic E-state index is 0.247. The predicted octanol–water partition coefficient (Wildman–Crippen LogP) is 3.69. The fraction of sp³-hybridized carbons (Fsp3) is 0.100. The number of alkyl halides is 3. The van der Waals surface area contributed by atoms with Crippen molar-refractivity contribution in [2.45, 2.75) is 5.51 Å². The van der Waals surface area contributed by atoms with Crippen molar-refractivity contribution in [2.24, 2.45) is 0 Å². The summed E-state index contributed by atoms with van der Waals surface area (Å²) in [5.41, 5.74) is -3.34. The van der Waals surface area contributed by atoms with Gasteiger partial charge in [0, 0.05) is 6.20 Å². The van der Waals surface area contributed by atoms with Gasteiger partial charge in [-0.3, -0.25) is 4.98 Å². The molecule has 20 heavy (non-hydrogen) atoms. The van der Waals surface area contributed by atoms with Crippen LogP contribution >= 0.6 is 22.9 Å². The molecule has 1 heterocycles. The van der Waals surface area contributed by atoms with E-state index in [1.165, 1.54) is 23.5 Å². The van der Waals surface area contributed by atoms with Gasteiger partial charge < -0.3 is 4.18 Å². The average molecular weight is 344 g/mol. The summed E-state index contributed by atoms with van der Waals surface area (Å²) in [5, 5.41) is -0.247. The van der Waals surface area contributed by atoms with Gasteiger partial charge in [-0.2, -0.15) is 21.6 Å². The number of rotatable bonds is 3. The van der Waals surface area contributed by atoms with E-state index in [9.17, 15) is 21.6 Å². The molecule has 2 aromatic rings. The average Bonchev–Trinajstić information content (AvgIpc) is 2.83. The van der Waals surface area contributed by atoms with Crippen LogP contribution in [0.15, 0.2) is 29.9 Å². The van der Waals surface area contributed by atoms with Crippen LogP contribution in [-0.2, 0) is 10.1 Å². The third-order valence-electron chi connectivity index (χ3n) is 2.13. The second-order valence-corrected chi connectivity index (χ2v) is 6.33. The van der Waals surface area contributed by atoms with Gasteiger partial charge >= 0.3 is 15.6 Å². The SMILES string of the molecule is O=S(=O)(Oc1ccc(-c2cncs2)cc1Cl)C(F)(F)F. The lowest BCUT2D eigenvalue weighted by Crippen LogP contribution is -2.28. The monoisotopic (exact) mass is 343 g/mol. The Hall–Kier alpha value is -1.32. The molecule has 1 aromatic heterocycles. The highest BCUT2D eigenvalue weighted by Gasteiger charge is 2.48. The molecule has 0 saturated heterocycles. The third kappa shape index (κ3) is 3.05. The molecule has 0 fully saturated rings. The number of aromatic nitrogens is 1. The van der Waals surface area contributed by atoms with E-state index in [0.29, 0.717) is 5.56 Å². The van der Waals surface area contributed by atoms with Crippen molar-refractivity contribution in [2.75, 3.05) is 0 Å². The second kappa shape index (κ2) is 5.23. The highest BCUT2D eigenvalue weighted by Crippen LogP contribution is 2.35.